The standard InChI is InChI=1S/C30H30FN3O2/c1-2-12-30-16-20(17-35)26(36)15-21(30)9-10-23-27(22-5-3-4-6-24(22)31)33-29(34-28(23)30)19-11-13-32-25(14-19)18-7-8-18/h3-6,11,13-14,17-18,21,35H,2,7-10,12,15-16H2,1H3/b20-17-/t21-,30-/m1/s1. The van der Waals surface area contributed by atoms with Crippen LogP contribution in [-0.4, -0.2) is 25.8 Å². The molecule has 2 heterocycles. The summed E-state index contributed by atoms with van der Waals surface area (Å²) in [5.74, 6) is 0.908. The van der Waals surface area contributed by atoms with Gasteiger partial charge in [-0.25, -0.2) is 14.4 Å². The second-order valence-corrected chi connectivity index (χ2v) is 10.5. The summed E-state index contributed by atoms with van der Waals surface area (Å²) in [4.78, 5) is 27.5. The third-order valence-corrected chi connectivity index (χ3v) is 8.31. The van der Waals surface area contributed by atoms with Crippen molar-refractivity contribution in [3.05, 3.63) is 77.2 Å². The van der Waals surface area contributed by atoms with Crippen LogP contribution in [0.2, 0.25) is 0 Å². The molecule has 2 aromatic heterocycles. The van der Waals surface area contributed by atoms with Crippen molar-refractivity contribution in [3.63, 3.8) is 0 Å². The Bertz CT molecular complexity index is 1380. The fourth-order valence-electron chi connectivity index (χ4n) is 6.41. The van der Waals surface area contributed by atoms with Gasteiger partial charge < -0.3 is 5.11 Å². The molecule has 0 saturated heterocycles. The Morgan fingerprint density at radius 1 is 1.17 bits per heavy atom. The maximum atomic E-state index is 15.1. The van der Waals surface area contributed by atoms with Gasteiger partial charge in [-0.2, -0.15) is 0 Å². The van der Waals surface area contributed by atoms with E-state index in [2.05, 4.69) is 18.0 Å². The molecule has 1 N–H and O–H groups in total. The first kappa shape index (κ1) is 23.0. The fourth-order valence-corrected chi connectivity index (χ4v) is 6.41. The smallest absolute Gasteiger partial charge is 0.162 e. The molecule has 5 nitrogen and oxygen atoms in total. The van der Waals surface area contributed by atoms with Crippen molar-refractivity contribution >= 4 is 5.78 Å². The number of carbonyl (C=O) groups excluding carboxylic acids is 1. The first-order chi connectivity index (χ1) is 17.5. The second kappa shape index (κ2) is 8.91. The van der Waals surface area contributed by atoms with Crippen molar-refractivity contribution in [3.8, 4) is 22.6 Å². The number of halogens is 1. The molecule has 184 valence electrons. The Morgan fingerprint density at radius 3 is 2.75 bits per heavy atom. The Hall–Kier alpha value is -3.41. The lowest BCUT2D eigenvalue weighted by atomic mass is 9.55. The molecule has 2 saturated carbocycles. The Balaban J connectivity index is 1.61. The van der Waals surface area contributed by atoms with Gasteiger partial charge in [0.1, 0.15) is 5.82 Å². The van der Waals surface area contributed by atoms with Gasteiger partial charge in [0.15, 0.2) is 11.6 Å². The van der Waals surface area contributed by atoms with E-state index < -0.39 is 5.41 Å². The predicted molar refractivity (Wildman–Crippen MR) is 136 cm³/mol. The molecule has 36 heavy (non-hydrogen) atoms. The number of carbonyl (C=O) groups is 1. The van der Waals surface area contributed by atoms with E-state index in [1.165, 1.54) is 6.07 Å². The number of allylic oxidation sites excluding steroid dienone is 1. The molecule has 1 aromatic carbocycles. The van der Waals surface area contributed by atoms with Gasteiger partial charge in [-0.1, -0.05) is 25.5 Å². The fraction of sp³-hybridized carbons (Fsp3) is 0.400. The lowest BCUT2D eigenvalue weighted by Gasteiger charge is -2.48. The minimum atomic E-state index is -0.394. The topological polar surface area (TPSA) is 76.0 Å². The van der Waals surface area contributed by atoms with Crippen LogP contribution in [0.15, 0.2) is 54.4 Å². The molecule has 3 aromatic rings. The van der Waals surface area contributed by atoms with Gasteiger partial charge in [0.25, 0.3) is 0 Å². The highest BCUT2D eigenvalue weighted by Crippen LogP contribution is 2.54. The highest BCUT2D eigenvalue weighted by atomic mass is 19.1. The first-order valence-electron chi connectivity index (χ1n) is 13.0. The molecule has 3 aliphatic carbocycles. The summed E-state index contributed by atoms with van der Waals surface area (Å²) >= 11 is 0. The zero-order chi connectivity index (χ0) is 24.9. The van der Waals surface area contributed by atoms with E-state index in [-0.39, 0.29) is 17.5 Å². The van der Waals surface area contributed by atoms with Crippen LogP contribution in [0.25, 0.3) is 22.6 Å². The monoisotopic (exact) mass is 483 g/mol. The molecule has 0 bridgehead atoms. The minimum Gasteiger partial charge on any atom is -0.515 e. The first-order valence-corrected chi connectivity index (χ1v) is 13.0. The van der Waals surface area contributed by atoms with Crippen LogP contribution >= 0.6 is 0 Å². The molecule has 3 aliphatic rings. The molecule has 6 rings (SSSR count). The highest BCUT2D eigenvalue weighted by Gasteiger charge is 2.50. The van der Waals surface area contributed by atoms with E-state index in [4.69, 9.17) is 9.97 Å². The van der Waals surface area contributed by atoms with Crippen LogP contribution in [0.4, 0.5) is 4.39 Å². The van der Waals surface area contributed by atoms with E-state index in [0.29, 0.717) is 47.8 Å². The summed E-state index contributed by atoms with van der Waals surface area (Å²) in [6, 6.07) is 10.8. The van der Waals surface area contributed by atoms with Crippen LogP contribution in [0, 0.1) is 11.7 Å². The van der Waals surface area contributed by atoms with Crippen molar-refractivity contribution in [1.82, 2.24) is 15.0 Å². The van der Waals surface area contributed by atoms with E-state index >= 15 is 4.39 Å². The van der Waals surface area contributed by atoms with Gasteiger partial charge in [0, 0.05) is 51.9 Å². The Morgan fingerprint density at radius 2 is 2.00 bits per heavy atom. The normalized spacial score (nSPS) is 24.4. The summed E-state index contributed by atoms with van der Waals surface area (Å²) < 4.78 is 15.1. The quantitative estimate of drug-likeness (QED) is 0.326. The summed E-state index contributed by atoms with van der Waals surface area (Å²) in [7, 11) is 0. The van der Waals surface area contributed by atoms with Crippen LogP contribution < -0.4 is 0 Å². The zero-order valence-corrected chi connectivity index (χ0v) is 20.5. The number of Topliss-reactive ketones (excluding diaryl/α,β-unsaturated/α-hetero) is 1. The molecule has 0 unspecified atom stereocenters. The largest absolute Gasteiger partial charge is 0.515 e. The molecule has 2 fully saturated rings. The third-order valence-electron chi connectivity index (χ3n) is 8.31. The lowest BCUT2D eigenvalue weighted by molar-refractivity contribution is -0.119. The third kappa shape index (κ3) is 3.74. The number of ketones is 1. The zero-order valence-electron chi connectivity index (χ0n) is 20.5. The van der Waals surface area contributed by atoms with Gasteiger partial charge in [-0.15, -0.1) is 0 Å². The SMILES string of the molecule is CCC[C@@]12C/C(=C/O)C(=O)C[C@H]1CCc1c(-c3ccccc3F)nc(-c3ccnc(C4CC4)c3)nc12. The average molecular weight is 484 g/mol. The number of aromatic nitrogens is 3. The van der Waals surface area contributed by atoms with Gasteiger partial charge >= 0.3 is 0 Å². The van der Waals surface area contributed by atoms with Crippen molar-refractivity contribution < 1.29 is 14.3 Å². The number of benzene rings is 1. The van der Waals surface area contributed by atoms with Gasteiger partial charge in [-0.05, 0) is 68.7 Å². The number of fused-ring (bicyclic) bond motifs is 3. The van der Waals surface area contributed by atoms with Crippen molar-refractivity contribution in [2.24, 2.45) is 5.92 Å². The predicted octanol–water partition coefficient (Wildman–Crippen LogP) is 6.63. The van der Waals surface area contributed by atoms with Gasteiger partial charge in [0.05, 0.1) is 17.6 Å². The highest BCUT2D eigenvalue weighted by molar-refractivity contribution is 5.96. The van der Waals surface area contributed by atoms with Crippen LogP contribution in [0.1, 0.15) is 74.7 Å². The minimum absolute atomic E-state index is 0.0180. The number of hydrogen-bond acceptors (Lipinski definition) is 5. The maximum absolute atomic E-state index is 15.1. The molecule has 0 radical (unpaired) electrons. The van der Waals surface area contributed by atoms with E-state index in [1.54, 1.807) is 12.1 Å². The lowest BCUT2D eigenvalue weighted by Crippen LogP contribution is -2.46. The molecule has 0 aliphatic heterocycles. The number of nitrogens with zero attached hydrogens (tertiary/aromatic N) is 3. The number of rotatable bonds is 5. The summed E-state index contributed by atoms with van der Waals surface area (Å²) in [5, 5.41) is 9.90. The van der Waals surface area contributed by atoms with Crippen LogP contribution in [0.3, 0.4) is 0 Å². The van der Waals surface area contributed by atoms with Gasteiger partial charge in [-0.3, -0.25) is 9.78 Å². The van der Waals surface area contributed by atoms with Gasteiger partial charge in [0.2, 0.25) is 0 Å². The number of hydrogen-bond donors (Lipinski definition) is 1. The van der Waals surface area contributed by atoms with E-state index in [0.717, 1.165) is 60.9 Å². The van der Waals surface area contributed by atoms with Crippen LogP contribution in [-0.2, 0) is 16.6 Å². The molecule has 6 heteroatoms. The second-order valence-electron chi connectivity index (χ2n) is 10.5. The van der Waals surface area contributed by atoms with Crippen molar-refractivity contribution in [1.29, 1.82) is 0 Å². The molecule has 0 spiro atoms. The molecular weight excluding hydrogens is 453 g/mol. The molecule has 0 amide bonds. The number of aliphatic hydroxyl groups excluding tert-OH is 1. The van der Waals surface area contributed by atoms with E-state index in [1.807, 2.05) is 18.3 Å². The Kier molecular flexibility index (Phi) is 5.70. The molecule has 2 atom stereocenters. The van der Waals surface area contributed by atoms with Crippen LogP contribution in [0.5, 0.6) is 0 Å². The van der Waals surface area contributed by atoms with Crippen molar-refractivity contribution in [2.75, 3.05) is 0 Å². The summed E-state index contributed by atoms with van der Waals surface area (Å²) in [6.45, 7) is 2.14. The Labute approximate surface area is 210 Å². The summed E-state index contributed by atoms with van der Waals surface area (Å²) in [6.07, 6.45) is 9.21. The molecular formula is C30H30FN3O2. The van der Waals surface area contributed by atoms with Crippen molar-refractivity contribution in [2.45, 2.75) is 69.6 Å². The maximum Gasteiger partial charge on any atom is 0.162 e. The number of pyridine rings is 1. The van der Waals surface area contributed by atoms with E-state index in [9.17, 15) is 9.90 Å². The average Bonchev–Trinajstić information content (AvgIpc) is 3.74. The summed E-state index contributed by atoms with van der Waals surface area (Å²) in [5.41, 5.74) is 5.00. The number of aliphatic hydroxyl groups is 1.